The van der Waals surface area contributed by atoms with Crippen LogP contribution >= 0.6 is 0 Å². The van der Waals surface area contributed by atoms with Gasteiger partial charge in [-0.15, -0.1) is 0 Å². The van der Waals surface area contributed by atoms with E-state index in [4.69, 9.17) is 9.47 Å². The Labute approximate surface area is 299 Å². The van der Waals surface area contributed by atoms with Crippen LogP contribution in [0.2, 0.25) is 0 Å². The van der Waals surface area contributed by atoms with Crippen LogP contribution in [0.4, 0.5) is 15.3 Å². The summed E-state index contributed by atoms with van der Waals surface area (Å²) in [5.74, 6) is 0.413. The van der Waals surface area contributed by atoms with Gasteiger partial charge in [0.05, 0.1) is 11.4 Å². The van der Waals surface area contributed by atoms with Gasteiger partial charge in [-0.05, 0) is 123 Å². The highest BCUT2D eigenvalue weighted by Gasteiger charge is 2.48. The number of hydrogen-bond donors (Lipinski definition) is 2. The van der Waals surface area contributed by atoms with Gasteiger partial charge in [0.15, 0.2) is 0 Å². The van der Waals surface area contributed by atoms with Gasteiger partial charge in [0, 0.05) is 43.0 Å². The topological polar surface area (TPSA) is 150 Å². The molecule has 13 heteroatoms. The number of aromatic nitrogens is 4. The molecule has 3 aromatic rings. The van der Waals surface area contributed by atoms with Crippen LogP contribution in [0.1, 0.15) is 89.1 Å². The van der Waals surface area contributed by atoms with Crippen LogP contribution in [0.15, 0.2) is 36.5 Å². The lowest BCUT2D eigenvalue weighted by atomic mass is 9.88. The average molecular weight is 702 g/mol. The van der Waals surface area contributed by atoms with Gasteiger partial charge in [0.2, 0.25) is 5.91 Å². The first-order valence-corrected chi connectivity index (χ1v) is 18.0. The molecule has 2 N–H and O–H groups in total. The standard InChI is InChI=1S/C38H51N7O6/c1-22-30(23(2)45(42-22)36(49)51-38(6,7)8)25-13-15-28(16-14-25)40-34(47)32(31(26-9-10-26)27-11-12-27)41-33(46)29-17-18-39-44(29)21-24-19-43(20-24)35(48)50-37(3,4)5/h13-18,24,26-27,31-32H,9-12,19-21H2,1-8H3,(H,40,47)(H,41,46). The number of anilines is 1. The van der Waals surface area contributed by atoms with E-state index in [9.17, 15) is 19.2 Å². The molecular formula is C38H51N7O6. The maximum Gasteiger partial charge on any atom is 0.435 e. The van der Waals surface area contributed by atoms with Crippen LogP contribution in [0.25, 0.3) is 11.1 Å². The summed E-state index contributed by atoms with van der Waals surface area (Å²) in [6.45, 7) is 16.2. The number of nitrogens with one attached hydrogen (secondary N) is 2. The lowest BCUT2D eigenvalue weighted by Gasteiger charge is -2.39. The van der Waals surface area contributed by atoms with Crippen LogP contribution in [0.3, 0.4) is 0 Å². The molecule has 0 radical (unpaired) electrons. The molecule has 2 aliphatic carbocycles. The Hall–Kier alpha value is -4.68. The fourth-order valence-electron chi connectivity index (χ4n) is 7.00. The molecule has 13 nitrogen and oxygen atoms in total. The first-order valence-electron chi connectivity index (χ1n) is 18.0. The van der Waals surface area contributed by atoms with Crippen LogP contribution in [-0.4, -0.2) is 78.8 Å². The van der Waals surface area contributed by atoms with Gasteiger partial charge in [-0.3, -0.25) is 14.3 Å². The predicted molar refractivity (Wildman–Crippen MR) is 191 cm³/mol. The van der Waals surface area contributed by atoms with Crippen molar-refractivity contribution in [1.82, 2.24) is 29.8 Å². The largest absolute Gasteiger partial charge is 0.444 e. The van der Waals surface area contributed by atoms with Crippen molar-refractivity contribution < 1.29 is 28.7 Å². The second kappa shape index (κ2) is 13.8. The van der Waals surface area contributed by atoms with Crippen LogP contribution in [0, 0.1) is 37.5 Å². The number of ether oxygens (including phenoxy) is 2. The van der Waals surface area contributed by atoms with Gasteiger partial charge in [-0.1, -0.05) is 12.1 Å². The zero-order valence-electron chi connectivity index (χ0n) is 31.0. The van der Waals surface area contributed by atoms with Crippen molar-refractivity contribution in [1.29, 1.82) is 0 Å². The minimum atomic E-state index is -0.705. The number of benzene rings is 1. The molecule has 1 unspecified atom stereocenters. The highest BCUT2D eigenvalue weighted by atomic mass is 16.6. The highest BCUT2D eigenvalue weighted by molar-refractivity contribution is 6.01. The second-order valence-electron chi connectivity index (χ2n) is 16.4. The number of amides is 3. The first-order chi connectivity index (χ1) is 24.0. The van der Waals surface area contributed by atoms with E-state index in [1.165, 1.54) is 4.68 Å². The van der Waals surface area contributed by atoms with E-state index in [0.717, 1.165) is 36.8 Å². The molecule has 51 heavy (non-hydrogen) atoms. The molecule has 3 heterocycles. The molecule has 0 bridgehead atoms. The van der Waals surface area contributed by atoms with Crippen molar-refractivity contribution in [2.45, 2.75) is 105 Å². The lowest BCUT2D eigenvalue weighted by molar-refractivity contribution is -0.119. The third kappa shape index (κ3) is 8.62. The van der Waals surface area contributed by atoms with Crippen LogP contribution in [-0.2, 0) is 20.8 Å². The summed E-state index contributed by atoms with van der Waals surface area (Å²) >= 11 is 0. The summed E-state index contributed by atoms with van der Waals surface area (Å²) in [6.07, 6.45) is 4.93. The molecule has 2 aromatic heterocycles. The number of carbonyl (C=O) groups is 4. The Morgan fingerprint density at radius 2 is 1.45 bits per heavy atom. The Morgan fingerprint density at radius 1 is 0.863 bits per heavy atom. The normalized spacial score (nSPS) is 17.2. The third-order valence-electron chi connectivity index (χ3n) is 9.57. The zero-order valence-corrected chi connectivity index (χ0v) is 31.0. The van der Waals surface area contributed by atoms with E-state index in [-0.39, 0.29) is 29.7 Å². The maximum absolute atomic E-state index is 14.0. The molecule has 1 aromatic carbocycles. The Balaban J connectivity index is 1.13. The molecule has 274 valence electrons. The van der Waals surface area contributed by atoms with Crippen molar-refractivity contribution in [2.24, 2.45) is 23.7 Å². The van der Waals surface area contributed by atoms with Crippen LogP contribution < -0.4 is 10.6 Å². The summed E-state index contributed by atoms with van der Waals surface area (Å²) in [5, 5.41) is 15.0. The van der Waals surface area contributed by atoms with Gasteiger partial charge >= 0.3 is 12.2 Å². The van der Waals surface area contributed by atoms with Gasteiger partial charge in [0.25, 0.3) is 5.91 Å². The molecule has 1 atom stereocenters. The summed E-state index contributed by atoms with van der Waals surface area (Å²) < 4.78 is 13.9. The molecule has 3 fully saturated rings. The van der Waals surface area contributed by atoms with E-state index in [0.29, 0.717) is 54.2 Å². The molecular weight excluding hydrogens is 650 g/mol. The molecule has 1 saturated heterocycles. The SMILES string of the molecule is Cc1nn(C(=O)OC(C)(C)C)c(C)c1-c1ccc(NC(=O)C(NC(=O)c2ccnn2CC2CN(C(=O)OC(C)(C)C)C2)C(C2CC2)C2CC2)cc1. The van der Waals surface area contributed by atoms with Crippen molar-refractivity contribution in [2.75, 3.05) is 18.4 Å². The second-order valence-corrected chi connectivity index (χ2v) is 16.4. The highest BCUT2D eigenvalue weighted by Crippen LogP contribution is 2.51. The maximum atomic E-state index is 14.0. The van der Waals surface area contributed by atoms with Gasteiger partial charge < -0.3 is 25.0 Å². The van der Waals surface area contributed by atoms with Crippen LogP contribution in [0.5, 0.6) is 0 Å². The molecule has 1 aliphatic heterocycles. The lowest BCUT2D eigenvalue weighted by Crippen LogP contribution is -2.53. The van der Waals surface area contributed by atoms with E-state index < -0.39 is 23.3 Å². The molecule has 6 rings (SSSR count). The fourth-order valence-corrected chi connectivity index (χ4v) is 7.00. The summed E-state index contributed by atoms with van der Waals surface area (Å²) in [5.41, 5.74) is 2.80. The summed E-state index contributed by atoms with van der Waals surface area (Å²) in [6, 6.07) is 8.40. The van der Waals surface area contributed by atoms with E-state index in [1.54, 1.807) is 21.8 Å². The third-order valence-corrected chi connectivity index (χ3v) is 9.57. The van der Waals surface area contributed by atoms with E-state index in [2.05, 4.69) is 20.8 Å². The predicted octanol–water partition coefficient (Wildman–Crippen LogP) is 6.19. The molecule has 0 spiro atoms. The minimum Gasteiger partial charge on any atom is -0.444 e. The van der Waals surface area contributed by atoms with Gasteiger partial charge in [-0.2, -0.15) is 14.9 Å². The van der Waals surface area contributed by atoms with E-state index in [1.807, 2.05) is 79.7 Å². The van der Waals surface area contributed by atoms with Gasteiger partial charge in [0.1, 0.15) is 22.9 Å². The van der Waals surface area contributed by atoms with Crippen molar-refractivity contribution >= 4 is 29.7 Å². The molecule has 3 amide bonds. The van der Waals surface area contributed by atoms with Crippen molar-refractivity contribution in [3.8, 4) is 11.1 Å². The molecule has 2 saturated carbocycles. The number of hydrogen-bond acceptors (Lipinski definition) is 8. The monoisotopic (exact) mass is 701 g/mol. The summed E-state index contributed by atoms with van der Waals surface area (Å²) in [4.78, 5) is 54.7. The van der Waals surface area contributed by atoms with Crippen molar-refractivity contribution in [3.05, 3.63) is 53.6 Å². The van der Waals surface area contributed by atoms with Crippen molar-refractivity contribution in [3.63, 3.8) is 0 Å². The zero-order chi connectivity index (χ0) is 36.8. The molecule has 3 aliphatic rings. The first kappa shape index (κ1) is 36.1. The quantitative estimate of drug-likeness (QED) is 0.254. The number of likely N-dealkylation sites (tertiary alicyclic amines) is 1. The Morgan fingerprint density at radius 3 is 2.02 bits per heavy atom. The van der Waals surface area contributed by atoms with Gasteiger partial charge in [-0.25, -0.2) is 9.59 Å². The fraction of sp³-hybridized carbons (Fsp3) is 0.579. The number of nitrogens with zero attached hydrogens (tertiary/aromatic N) is 5. The smallest absolute Gasteiger partial charge is 0.435 e. The minimum absolute atomic E-state index is 0.0580. The number of carbonyl (C=O) groups excluding carboxylic acids is 4. The Kier molecular flexibility index (Phi) is 9.77. The number of rotatable bonds is 10. The Bertz CT molecular complexity index is 1770. The van der Waals surface area contributed by atoms with E-state index >= 15 is 0 Å². The summed E-state index contributed by atoms with van der Waals surface area (Å²) in [7, 11) is 0. The number of aryl methyl sites for hydroxylation is 1. The average Bonchev–Trinajstić information content (AvgIpc) is 3.94.